The van der Waals surface area contributed by atoms with E-state index in [1.165, 1.54) is 47.1 Å². The molecule has 4 rings (SSSR count). The van der Waals surface area contributed by atoms with Gasteiger partial charge in [0.15, 0.2) is 5.11 Å². The number of thioether (sulfide) groups is 1. The van der Waals surface area contributed by atoms with E-state index in [1.807, 2.05) is 62.4 Å². The Labute approximate surface area is 237 Å². The van der Waals surface area contributed by atoms with Crippen LogP contribution in [0.3, 0.4) is 0 Å². The van der Waals surface area contributed by atoms with Crippen molar-refractivity contribution in [1.29, 1.82) is 0 Å². The minimum Gasteiger partial charge on any atom is -0.465 e. The molecule has 1 unspecified atom stereocenters. The zero-order chi connectivity index (χ0) is 27.1. The summed E-state index contributed by atoms with van der Waals surface area (Å²) in [5.41, 5.74) is 4.50. The van der Waals surface area contributed by atoms with E-state index < -0.39 is 0 Å². The number of hydrogen-bond donors (Lipinski definition) is 3. The van der Waals surface area contributed by atoms with Crippen LogP contribution in [0.5, 0.6) is 0 Å². The number of esters is 1. The Bertz CT molecular complexity index is 1300. The molecule has 3 N–H and O–H groups in total. The number of thiophene rings is 1. The van der Waals surface area contributed by atoms with Gasteiger partial charge in [-0.05, 0) is 87.6 Å². The number of thiocarbonyl (C=S) groups is 1. The highest BCUT2D eigenvalue weighted by Crippen LogP contribution is 2.38. The summed E-state index contributed by atoms with van der Waals surface area (Å²) in [6, 6.07) is 15.8. The molecular formula is C29H33N3O3S3. The molecule has 2 aromatic carbocycles. The lowest BCUT2D eigenvalue weighted by molar-refractivity contribution is -0.115. The molecule has 1 aliphatic rings. The van der Waals surface area contributed by atoms with Crippen LogP contribution in [0.25, 0.3) is 0 Å². The molecule has 0 saturated heterocycles. The van der Waals surface area contributed by atoms with Gasteiger partial charge in [-0.2, -0.15) is 0 Å². The lowest BCUT2D eigenvalue weighted by atomic mass is 9.96. The zero-order valence-corrected chi connectivity index (χ0v) is 24.3. The van der Waals surface area contributed by atoms with Gasteiger partial charge < -0.3 is 20.7 Å². The second kappa shape index (κ2) is 13.3. The van der Waals surface area contributed by atoms with Crippen molar-refractivity contribution >= 4 is 68.7 Å². The van der Waals surface area contributed by atoms with Crippen LogP contribution in [0, 0.1) is 6.92 Å². The summed E-state index contributed by atoms with van der Waals surface area (Å²) in [4.78, 5) is 28.0. The first-order chi connectivity index (χ1) is 18.3. The topological polar surface area (TPSA) is 79.5 Å². The maximum Gasteiger partial charge on any atom is 0.341 e. The summed E-state index contributed by atoms with van der Waals surface area (Å²) in [5, 5.41) is 10.1. The molecule has 1 aliphatic carbocycles. The van der Waals surface area contributed by atoms with Crippen molar-refractivity contribution in [2.24, 2.45) is 0 Å². The first kappa shape index (κ1) is 28.1. The number of aryl methyl sites for hydroxylation is 2. The molecule has 3 aromatic rings. The maximum absolute atomic E-state index is 13.2. The van der Waals surface area contributed by atoms with Gasteiger partial charge in [0.25, 0.3) is 0 Å². The van der Waals surface area contributed by atoms with Gasteiger partial charge in [-0.25, -0.2) is 4.79 Å². The Kier molecular flexibility index (Phi) is 9.82. The van der Waals surface area contributed by atoms with E-state index in [0.29, 0.717) is 15.7 Å². The van der Waals surface area contributed by atoms with Gasteiger partial charge in [0.05, 0.1) is 17.9 Å². The van der Waals surface area contributed by atoms with E-state index in [-0.39, 0.29) is 17.1 Å². The molecule has 6 nitrogen and oxygen atoms in total. The van der Waals surface area contributed by atoms with E-state index in [0.717, 1.165) is 53.9 Å². The molecule has 0 spiro atoms. The van der Waals surface area contributed by atoms with Gasteiger partial charge in [-0.15, -0.1) is 23.1 Å². The number of nitrogens with one attached hydrogen (secondary N) is 3. The Balaban J connectivity index is 1.41. The van der Waals surface area contributed by atoms with Crippen molar-refractivity contribution in [1.82, 2.24) is 0 Å². The highest BCUT2D eigenvalue weighted by Gasteiger charge is 2.27. The van der Waals surface area contributed by atoms with Gasteiger partial charge in [0.1, 0.15) is 5.00 Å². The number of fused-ring (bicyclic) bond motifs is 1. The second-order valence-electron chi connectivity index (χ2n) is 9.34. The molecule has 1 atom stereocenters. The number of carbonyl (C=O) groups is 2. The fourth-order valence-corrected chi connectivity index (χ4v) is 6.82. The summed E-state index contributed by atoms with van der Waals surface area (Å²) < 4.78 is 5.09. The molecule has 0 radical (unpaired) electrons. The monoisotopic (exact) mass is 567 g/mol. The molecule has 0 fully saturated rings. The first-order valence-electron chi connectivity index (χ1n) is 12.8. The van der Waals surface area contributed by atoms with E-state index in [1.54, 1.807) is 0 Å². The molecular weight excluding hydrogens is 535 g/mol. The van der Waals surface area contributed by atoms with Gasteiger partial charge in [0.2, 0.25) is 5.91 Å². The van der Waals surface area contributed by atoms with Crippen LogP contribution in [0.2, 0.25) is 0 Å². The number of ether oxygens (including phenoxy) is 1. The van der Waals surface area contributed by atoms with Crippen LogP contribution in [-0.2, 0) is 22.4 Å². The normalized spacial score (nSPS) is 13.9. The SMILES string of the molecule is COC(=O)c1c(NC(=O)C(C)Sc2cccc(NC(=S)Nc3ccc(C)cc3)c2)sc2c1CCCCCC2. The first-order valence-corrected chi connectivity index (χ1v) is 14.9. The van der Waals surface area contributed by atoms with Crippen molar-refractivity contribution in [3.8, 4) is 0 Å². The predicted octanol–water partition coefficient (Wildman–Crippen LogP) is 7.43. The number of carbonyl (C=O) groups excluding carboxylic acids is 2. The Morgan fingerprint density at radius 1 is 0.974 bits per heavy atom. The van der Waals surface area contributed by atoms with Crippen molar-refractivity contribution in [3.05, 3.63) is 70.1 Å². The number of amides is 1. The van der Waals surface area contributed by atoms with E-state index in [4.69, 9.17) is 17.0 Å². The molecule has 0 saturated carbocycles. The number of hydrogen-bond acceptors (Lipinski definition) is 6. The minimum atomic E-state index is -0.382. The van der Waals surface area contributed by atoms with E-state index >= 15 is 0 Å². The standard InChI is InChI=1S/C29H33N3O3S3/c1-18-13-15-20(16-14-18)30-29(36)31-21-9-8-10-22(17-21)37-19(2)26(33)32-27-25(28(34)35-3)23-11-6-4-5-7-12-24(23)38-27/h8-10,13-17,19H,4-7,11-12H2,1-3H3,(H,32,33)(H2,30,31,36). The Hall–Kier alpha value is -2.88. The van der Waals surface area contributed by atoms with Crippen LogP contribution in [0.1, 0.15) is 59.0 Å². The summed E-state index contributed by atoms with van der Waals surface area (Å²) in [6.45, 7) is 3.91. The van der Waals surface area contributed by atoms with Crippen molar-refractivity contribution in [2.45, 2.75) is 62.5 Å². The molecule has 200 valence electrons. The molecule has 1 aromatic heterocycles. The minimum absolute atomic E-state index is 0.149. The molecule has 1 heterocycles. The van der Waals surface area contributed by atoms with Crippen molar-refractivity contribution < 1.29 is 14.3 Å². The lowest BCUT2D eigenvalue weighted by Crippen LogP contribution is -2.23. The quantitative estimate of drug-likeness (QED) is 0.156. The molecule has 1 amide bonds. The molecule has 0 bridgehead atoms. The Morgan fingerprint density at radius 2 is 1.68 bits per heavy atom. The average Bonchev–Trinajstić information content (AvgIpc) is 3.20. The maximum atomic E-state index is 13.2. The van der Waals surface area contributed by atoms with Gasteiger partial charge in [0, 0.05) is 21.1 Å². The van der Waals surface area contributed by atoms with Gasteiger partial charge >= 0.3 is 5.97 Å². The largest absolute Gasteiger partial charge is 0.465 e. The molecule has 9 heteroatoms. The van der Waals surface area contributed by atoms with Crippen LogP contribution in [-0.4, -0.2) is 29.3 Å². The van der Waals surface area contributed by atoms with Crippen molar-refractivity contribution in [3.63, 3.8) is 0 Å². The highest BCUT2D eigenvalue weighted by atomic mass is 32.2. The third-order valence-corrected chi connectivity index (χ3v) is 8.89. The predicted molar refractivity (Wildman–Crippen MR) is 163 cm³/mol. The van der Waals surface area contributed by atoms with Crippen LogP contribution in [0.4, 0.5) is 16.4 Å². The molecule has 38 heavy (non-hydrogen) atoms. The fourth-order valence-electron chi connectivity index (χ4n) is 4.37. The summed E-state index contributed by atoms with van der Waals surface area (Å²) in [7, 11) is 1.39. The highest BCUT2D eigenvalue weighted by molar-refractivity contribution is 8.00. The fraction of sp³-hybridized carbons (Fsp3) is 0.345. The summed E-state index contributed by atoms with van der Waals surface area (Å²) in [6.07, 6.45) is 6.28. The smallest absolute Gasteiger partial charge is 0.341 e. The third kappa shape index (κ3) is 7.36. The number of benzene rings is 2. The average molecular weight is 568 g/mol. The van der Waals surface area contributed by atoms with E-state index in [2.05, 4.69) is 16.0 Å². The number of rotatable bonds is 7. The second-order valence-corrected chi connectivity index (χ2v) is 12.3. The van der Waals surface area contributed by atoms with Crippen LogP contribution < -0.4 is 16.0 Å². The third-order valence-electron chi connectivity index (χ3n) is 6.38. The lowest BCUT2D eigenvalue weighted by Gasteiger charge is -2.14. The van der Waals surface area contributed by atoms with Gasteiger partial charge in [-0.1, -0.05) is 36.6 Å². The number of methoxy groups -OCH3 is 1. The molecule has 0 aliphatic heterocycles. The van der Waals surface area contributed by atoms with Crippen molar-refractivity contribution in [2.75, 3.05) is 23.1 Å². The Morgan fingerprint density at radius 3 is 2.42 bits per heavy atom. The van der Waals surface area contributed by atoms with Crippen LogP contribution in [0.15, 0.2) is 53.4 Å². The summed E-state index contributed by atoms with van der Waals surface area (Å²) >= 11 is 8.43. The van der Waals surface area contributed by atoms with E-state index in [9.17, 15) is 9.59 Å². The van der Waals surface area contributed by atoms with Crippen LogP contribution >= 0.6 is 35.3 Å². The number of anilines is 3. The van der Waals surface area contributed by atoms with Gasteiger partial charge in [-0.3, -0.25) is 4.79 Å². The summed E-state index contributed by atoms with van der Waals surface area (Å²) in [5.74, 6) is -0.531. The zero-order valence-electron chi connectivity index (χ0n) is 21.9.